The van der Waals surface area contributed by atoms with Crippen LogP contribution in [0.15, 0.2) is 72.8 Å². The molecule has 0 heterocycles. The summed E-state index contributed by atoms with van der Waals surface area (Å²) in [5.74, 6) is -0.467. The van der Waals surface area contributed by atoms with Crippen molar-refractivity contribution in [1.82, 2.24) is 0 Å². The van der Waals surface area contributed by atoms with Crippen molar-refractivity contribution in [1.29, 1.82) is 0 Å². The van der Waals surface area contributed by atoms with Gasteiger partial charge in [-0.1, -0.05) is 12.1 Å². The van der Waals surface area contributed by atoms with Gasteiger partial charge in [0.1, 0.15) is 5.75 Å². The second-order valence-electron chi connectivity index (χ2n) is 6.39. The van der Waals surface area contributed by atoms with Crippen molar-refractivity contribution in [3.05, 3.63) is 83.9 Å². The summed E-state index contributed by atoms with van der Waals surface area (Å²) >= 11 is 0. The Labute approximate surface area is 179 Å². The van der Waals surface area contributed by atoms with E-state index in [1.807, 2.05) is 0 Å². The molecule has 0 unspecified atom stereocenters. The standard InChI is InChI=1S/C23H21N3O5/c1-2-30-23(29)31-18-13-9-16(10-14-18)22(28)26-20-6-4-3-5-19(20)25-21(27)15-7-11-17(24)12-8-15/h3-14H,2,24H2,1H3,(H,25,27)(H,26,28). The Morgan fingerprint density at radius 1 is 0.774 bits per heavy atom. The van der Waals surface area contributed by atoms with E-state index in [9.17, 15) is 14.4 Å². The first-order valence-electron chi connectivity index (χ1n) is 9.48. The lowest BCUT2D eigenvalue weighted by atomic mass is 10.1. The zero-order valence-corrected chi connectivity index (χ0v) is 16.8. The molecule has 0 aliphatic carbocycles. The van der Waals surface area contributed by atoms with Crippen LogP contribution in [0, 0.1) is 0 Å². The molecule has 158 valence electrons. The topological polar surface area (TPSA) is 120 Å². The maximum Gasteiger partial charge on any atom is 0.513 e. The van der Waals surface area contributed by atoms with Crippen molar-refractivity contribution >= 4 is 35.0 Å². The van der Waals surface area contributed by atoms with Crippen LogP contribution in [-0.4, -0.2) is 24.6 Å². The molecule has 3 aromatic carbocycles. The van der Waals surface area contributed by atoms with E-state index in [0.717, 1.165) is 0 Å². The SMILES string of the molecule is CCOC(=O)Oc1ccc(C(=O)Nc2ccccc2NC(=O)c2ccc(N)cc2)cc1. The lowest BCUT2D eigenvalue weighted by Crippen LogP contribution is -2.17. The molecule has 0 bridgehead atoms. The van der Waals surface area contributed by atoms with E-state index >= 15 is 0 Å². The van der Waals surface area contributed by atoms with Crippen molar-refractivity contribution in [2.45, 2.75) is 6.92 Å². The Kier molecular flexibility index (Phi) is 6.85. The zero-order valence-electron chi connectivity index (χ0n) is 16.8. The summed E-state index contributed by atoms with van der Waals surface area (Å²) in [6.07, 6.45) is -0.814. The fraction of sp³-hybridized carbons (Fsp3) is 0.0870. The smallest absolute Gasteiger partial charge is 0.434 e. The minimum absolute atomic E-state index is 0.202. The van der Waals surface area contributed by atoms with Crippen LogP contribution in [0.4, 0.5) is 21.9 Å². The van der Waals surface area contributed by atoms with Crippen molar-refractivity contribution in [3.63, 3.8) is 0 Å². The average molecular weight is 419 g/mol. The quantitative estimate of drug-likeness (QED) is 0.311. The molecular weight excluding hydrogens is 398 g/mol. The highest BCUT2D eigenvalue weighted by Gasteiger charge is 2.13. The minimum Gasteiger partial charge on any atom is -0.434 e. The number of carbonyl (C=O) groups excluding carboxylic acids is 3. The first kappa shape index (κ1) is 21.4. The van der Waals surface area contributed by atoms with Gasteiger partial charge in [-0.15, -0.1) is 0 Å². The van der Waals surface area contributed by atoms with Gasteiger partial charge >= 0.3 is 6.16 Å². The molecular formula is C23H21N3O5. The van der Waals surface area contributed by atoms with Crippen LogP contribution >= 0.6 is 0 Å². The fourth-order valence-electron chi connectivity index (χ4n) is 2.64. The highest BCUT2D eigenvalue weighted by molar-refractivity contribution is 6.10. The van der Waals surface area contributed by atoms with Crippen LogP contribution in [-0.2, 0) is 4.74 Å². The van der Waals surface area contributed by atoms with Crippen LogP contribution in [0.2, 0.25) is 0 Å². The molecule has 31 heavy (non-hydrogen) atoms. The van der Waals surface area contributed by atoms with Gasteiger partial charge < -0.3 is 25.8 Å². The Bertz CT molecular complexity index is 1080. The predicted octanol–water partition coefficient (Wildman–Crippen LogP) is 4.31. The summed E-state index contributed by atoms with van der Waals surface area (Å²) in [7, 11) is 0. The number of nitrogens with two attached hydrogens (primary N) is 1. The molecule has 0 aliphatic heterocycles. The van der Waals surface area contributed by atoms with Gasteiger partial charge in [0, 0.05) is 16.8 Å². The van der Waals surface area contributed by atoms with E-state index in [2.05, 4.69) is 10.6 Å². The molecule has 0 spiro atoms. The normalized spacial score (nSPS) is 10.1. The highest BCUT2D eigenvalue weighted by Crippen LogP contribution is 2.23. The lowest BCUT2D eigenvalue weighted by molar-refractivity contribution is 0.101. The maximum absolute atomic E-state index is 12.6. The molecule has 0 saturated heterocycles. The number of rotatable bonds is 6. The van der Waals surface area contributed by atoms with Crippen LogP contribution in [0.25, 0.3) is 0 Å². The van der Waals surface area contributed by atoms with Gasteiger partial charge in [0.15, 0.2) is 0 Å². The number of hydrogen-bond acceptors (Lipinski definition) is 6. The van der Waals surface area contributed by atoms with E-state index in [1.165, 1.54) is 24.3 Å². The van der Waals surface area contributed by atoms with E-state index in [4.69, 9.17) is 15.2 Å². The number of benzene rings is 3. The lowest BCUT2D eigenvalue weighted by Gasteiger charge is -2.13. The molecule has 0 fully saturated rings. The number of hydrogen-bond donors (Lipinski definition) is 3. The minimum atomic E-state index is -0.814. The summed E-state index contributed by atoms with van der Waals surface area (Å²) in [4.78, 5) is 36.5. The molecule has 8 heteroatoms. The van der Waals surface area contributed by atoms with Crippen molar-refractivity contribution < 1.29 is 23.9 Å². The fourth-order valence-corrected chi connectivity index (χ4v) is 2.64. The summed E-state index contributed by atoms with van der Waals surface area (Å²) in [6.45, 7) is 1.87. The Balaban J connectivity index is 1.68. The molecule has 4 N–H and O–H groups in total. The molecule has 0 radical (unpaired) electrons. The number of ether oxygens (including phenoxy) is 2. The second-order valence-corrected chi connectivity index (χ2v) is 6.39. The van der Waals surface area contributed by atoms with Crippen molar-refractivity contribution in [2.75, 3.05) is 23.0 Å². The van der Waals surface area contributed by atoms with Crippen LogP contribution in [0.1, 0.15) is 27.6 Å². The number of nitrogens with one attached hydrogen (secondary N) is 2. The number of nitrogen functional groups attached to an aromatic ring is 1. The first-order valence-corrected chi connectivity index (χ1v) is 9.48. The summed E-state index contributed by atoms with van der Waals surface area (Å²) in [5.41, 5.74) is 7.87. The first-order chi connectivity index (χ1) is 15.0. The van der Waals surface area contributed by atoms with Crippen molar-refractivity contribution in [2.24, 2.45) is 0 Å². The zero-order chi connectivity index (χ0) is 22.2. The van der Waals surface area contributed by atoms with Gasteiger partial charge in [-0.25, -0.2) is 4.79 Å². The summed E-state index contributed by atoms with van der Waals surface area (Å²) < 4.78 is 9.68. The van der Waals surface area contributed by atoms with Crippen LogP contribution in [0.3, 0.4) is 0 Å². The number of anilines is 3. The highest BCUT2D eigenvalue weighted by atomic mass is 16.7. The molecule has 3 rings (SSSR count). The van der Waals surface area contributed by atoms with Crippen LogP contribution < -0.4 is 21.1 Å². The van der Waals surface area contributed by atoms with Gasteiger partial charge in [-0.05, 0) is 67.6 Å². The third-order valence-corrected chi connectivity index (χ3v) is 4.18. The molecule has 8 nitrogen and oxygen atoms in total. The number of amides is 2. The van der Waals surface area contributed by atoms with Gasteiger partial charge in [0.25, 0.3) is 11.8 Å². The van der Waals surface area contributed by atoms with Crippen LogP contribution in [0.5, 0.6) is 5.75 Å². The summed E-state index contributed by atoms with van der Waals surface area (Å²) in [6, 6.07) is 19.4. The molecule has 0 saturated carbocycles. The van der Waals surface area contributed by atoms with Gasteiger partial charge in [-0.2, -0.15) is 0 Å². The van der Waals surface area contributed by atoms with E-state index in [1.54, 1.807) is 55.5 Å². The van der Waals surface area contributed by atoms with Gasteiger partial charge in [0.2, 0.25) is 0 Å². The molecule has 0 atom stereocenters. The number of carbonyl (C=O) groups is 3. The van der Waals surface area contributed by atoms with Gasteiger partial charge in [-0.3, -0.25) is 9.59 Å². The predicted molar refractivity (Wildman–Crippen MR) is 117 cm³/mol. The Morgan fingerprint density at radius 3 is 1.74 bits per heavy atom. The Morgan fingerprint density at radius 2 is 1.26 bits per heavy atom. The monoisotopic (exact) mass is 419 g/mol. The second kappa shape index (κ2) is 9.93. The molecule has 0 aromatic heterocycles. The molecule has 2 amide bonds. The Hall–Kier alpha value is -4.33. The maximum atomic E-state index is 12.6. The average Bonchev–Trinajstić information content (AvgIpc) is 2.76. The molecule has 0 aliphatic rings. The van der Waals surface area contributed by atoms with E-state index in [0.29, 0.717) is 28.2 Å². The largest absolute Gasteiger partial charge is 0.513 e. The van der Waals surface area contributed by atoms with E-state index < -0.39 is 12.1 Å². The van der Waals surface area contributed by atoms with Crippen molar-refractivity contribution in [3.8, 4) is 5.75 Å². The number of para-hydroxylation sites is 2. The van der Waals surface area contributed by atoms with E-state index in [-0.39, 0.29) is 18.3 Å². The van der Waals surface area contributed by atoms with Gasteiger partial charge in [0.05, 0.1) is 18.0 Å². The third kappa shape index (κ3) is 5.83. The summed E-state index contributed by atoms with van der Waals surface area (Å²) in [5, 5.41) is 5.55. The molecule has 3 aromatic rings. The third-order valence-electron chi connectivity index (χ3n) is 4.18.